The minimum atomic E-state index is -5.03. The number of anilines is 1. The number of ether oxygens (including phenoxy) is 2. The normalized spacial score (nSPS) is 20.7. The van der Waals surface area contributed by atoms with Crippen LogP contribution in [0, 0.1) is 0 Å². The Morgan fingerprint density at radius 1 is 1.12 bits per heavy atom. The number of halogens is 6. The van der Waals surface area contributed by atoms with Gasteiger partial charge in [0.2, 0.25) is 18.1 Å². The molecule has 1 aromatic carbocycles. The maximum atomic E-state index is 13.4. The van der Waals surface area contributed by atoms with Crippen LogP contribution in [0.2, 0.25) is 0 Å². The van der Waals surface area contributed by atoms with Crippen LogP contribution in [0.3, 0.4) is 0 Å². The summed E-state index contributed by atoms with van der Waals surface area (Å²) in [5.41, 5.74) is -2.52. The number of amides is 1. The highest BCUT2D eigenvalue weighted by atomic mass is 19.4. The highest BCUT2D eigenvalue weighted by molar-refractivity contribution is 5.90. The van der Waals surface area contributed by atoms with Crippen molar-refractivity contribution in [2.24, 2.45) is 4.99 Å². The molecule has 4 rings (SSSR count). The van der Waals surface area contributed by atoms with E-state index in [0.717, 1.165) is 5.06 Å². The van der Waals surface area contributed by atoms with E-state index in [-0.39, 0.29) is 42.5 Å². The van der Waals surface area contributed by atoms with E-state index in [2.05, 4.69) is 15.3 Å². The lowest BCUT2D eigenvalue weighted by atomic mass is 9.93. The lowest BCUT2D eigenvalue weighted by Gasteiger charge is -2.39. The summed E-state index contributed by atoms with van der Waals surface area (Å²) in [5, 5.41) is 13.7. The molecule has 0 aliphatic carbocycles. The van der Waals surface area contributed by atoms with Crippen LogP contribution in [-0.2, 0) is 28.5 Å². The van der Waals surface area contributed by atoms with E-state index in [0.29, 0.717) is 29.9 Å². The number of hydroxylamine groups is 2. The molecule has 1 aromatic heterocycles. The van der Waals surface area contributed by atoms with Crippen LogP contribution in [0.5, 0.6) is 5.88 Å². The number of carbonyl (C=O) groups is 1. The Morgan fingerprint density at radius 2 is 1.79 bits per heavy atom. The van der Waals surface area contributed by atoms with Crippen molar-refractivity contribution in [3.8, 4) is 5.88 Å². The maximum absolute atomic E-state index is 13.4. The number of aliphatic hydroxyl groups is 1. The zero-order chi connectivity index (χ0) is 30.8. The molecule has 0 bridgehead atoms. The van der Waals surface area contributed by atoms with Crippen LogP contribution in [0.1, 0.15) is 55.1 Å². The highest BCUT2D eigenvalue weighted by Crippen LogP contribution is 2.40. The molecule has 16 heteroatoms. The number of fused-ring (bicyclic) bond motifs is 1. The Hall–Kier alpha value is -3.79. The first kappa shape index (κ1) is 31.2. The van der Waals surface area contributed by atoms with E-state index in [1.54, 1.807) is 19.1 Å². The lowest BCUT2D eigenvalue weighted by molar-refractivity contribution is -0.146. The average Bonchev–Trinajstić information content (AvgIpc) is 3.32. The number of hydrogen-bond donors (Lipinski definition) is 2. The summed E-state index contributed by atoms with van der Waals surface area (Å²) in [6.07, 6.45) is -11.0. The summed E-state index contributed by atoms with van der Waals surface area (Å²) < 4.78 is 91.1. The summed E-state index contributed by atoms with van der Waals surface area (Å²) in [4.78, 5) is 28.6. The molecule has 1 unspecified atom stereocenters. The Morgan fingerprint density at radius 3 is 2.33 bits per heavy atom. The van der Waals surface area contributed by atoms with Gasteiger partial charge in [-0.15, -0.1) is 0 Å². The fourth-order valence-electron chi connectivity index (χ4n) is 4.77. The molecule has 0 spiro atoms. The lowest BCUT2D eigenvalue weighted by Crippen LogP contribution is -2.49. The zero-order valence-electron chi connectivity index (χ0n) is 22.8. The van der Waals surface area contributed by atoms with Crippen molar-refractivity contribution in [1.82, 2.24) is 15.4 Å². The van der Waals surface area contributed by atoms with Gasteiger partial charge in [-0.1, -0.05) is 6.92 Å². The fourth-order valence-corrected chi connectivity index (χ4v) is 4.77. The molecule has 0 fully saturated rings. The molecule has 1 amide bonds. The second-order valence-electron chi connectivity index (χ2n) is 9.47. The molecule has 0 radical (unpaired) electrons. The van der Waals surface area contributed by atoms with E-state index >= 15 is 0 Å². The SMILES string of the molecule is CCOC(=O)N1c2ccc(OC)nc2[C@@H](NC2=NC(CO)ON2Cc2cc(C(F)(F)F)cc(C(F)(F)F)c2)C[C@H]1CC. The molecule has 0 saturated carbocycles. The molecule has 2 aromatic rings. The largest absolute Gasteiger partial charge is 0.481 e. The van der Waals surface area contributed by atoms with Gasteiger partial charge < -0.3 is 19.9 Å². The van der Waals surface area contributed by atoms with E-state index in [4.69, 9.17) is 14.3 Å². The van der Waals surface area contributed by atoms with Crippen LogP contribution >= 0.6 is 0 Å². The van der Waals surface area contributed by atoms with Crippen LogP contribution in [0.15, 0.2) is 35.3 Å². The van der Waals surface area contributed by atoms with Crippen molar-refractivity contribution < 1.29 is 50.6 Å². The minimum Gasteiger partial charge on any atom is -0.481 e. The van der Waals surface area contributed by atoms with Crippen LogP contribution in [0.25, 0.3) is 0 Å². The number of pyridine rings is 1. The van der Waals surface area contributed by atoms with Gasteiger partial charge in [0.1, 0.15) is 0 Å². The second kappa shape index (κ2) is 12.2. The summed E-state index contributed by atoms with van der Waals surface area (Å²) in [6.45, 7) is 2.51. The molecule has 2 aliphatic heterocycles. The average molecular weight is 606 g/mol. The van der Waals surface area contributed by atoms with Gasteiger partial charge in [0.05, 0.1) is 55.4 Å². The Bertz CT molecular complexity index is 1290. The molecular formula is C26H29F6N5O5. The molecule has 2 N–H and O–H groups in total. The quantitative estimate of drug-likeness (QED) is 0.424. The fraction of sp³-hybridized carbons (Fsp3) is 0.500. The van der Waals surface area contributed by atoms with Crippen LogP contribution in [0.4, 0.5) is 36.8 Å². The van der Waals surface area contributed by atoms with E-state index in [9.17, 15) is 36.2 Å². The van der Waals surface area contributed by atoms with Gasteiger partial charge >= 0.3 is 18.4 Å². The predicted octanol–water partition coefficient (Wildman–Crippen LogP) is 5.03. The molecule has 230 valence electrons. The predicted molar refractivity (Wildman–Crippen MR) is 136 cm³/mol. The Balaban J connectivity index is 1.69. The number of aromatic nitrogens is 1. The van der Waals surface area contributed by atoms with E-state index < -0.39 is 55.0 Å². The number of hydrogen-bond acceptors (Lipinski definition) is 9. The molecule has 42 heavy (non-hydrogen) atoms. The van der Waals surface area contributed by atoms with Crippen molar-refractivity contribution in [3.63, 3.8) is 0 Å². The topological polar surface area (TPSA) is 109 Å². The third kappa shape index (κ3) is 6.64. The molecule has 3 atom stereocenters. The molecule has 10 nitrogen and oxygen atoms in total. The number of nitrogens with zero attached hydrogens (tertiary/aromatic N) is 4. The monoisotopic (exact) mass is 605 g/mol. The smallest absolute Gasteiger partial charge is 0.416 e. The maximum Gasteiger partial charge on any atom is 0.416 e. The molecular weight excluding hydrogens is 576 g/mol. The number of carbonyl (C=O) groups excluding carboxylic acids is 1. The van der Waals surface area contributed by atoms with Crippen molar-refractivity contribution in [2.75, 3.05) is 25.2 Å². The minimum absolute atomic E-state index is 0.0380. The number of guanidine groups is 1. The van der Waals surface area contributed by atoms with Gasteiger partial charge in [0.15, 0.2) is 0 Å². The zero-order valence-corrected chi connectivity index (χ0v) is 22.8. The number of alkyl halides is 6. The molecule has 0 saturated heterocycles. The van der Waals surface area contributed by atoms with Crippen molar-refractivity contribution >= 4 is 17.7 Å². The van der Waals surface area contributed by atoms with Gasteiger partial charge in [0.25, 0.3) is 0 Å². The number of aliphatic imine (C=N–C) groups is 1. The van der Waals surface area contributed by atoms with Gasteiger partial charge in [-0.2, -0.15) is 26.3 Å². The Labute approximate surface area is 236 Å². The third-order valence-electron chi connectivity index (χ3n) is 6.67. The van der Waals surface area contributed by atoms with Gasteiger partial charge in [-0.25, -0.2) is 24.7 Å². The summed E-state index contributed by atoms with van der Waals surface area (Å²) in [6, 6.07) is 3.40. The van der Waals surface area contributed by atoms with Crippen molar-refractivity contribution in [2.45, 2.75) is 63.9 Å². The van der Waals surface area contributed by atoms with Gasteiger partial charge in [-0.3, -0.25) is 4.90 Å². The number of methoxy groups -OCH3 is 1. The van der Waals surface area contributed by atoms with Crippen molar-refractivity contribution in [3.05, 3.63) is 52.7 Å². The van der Waals surface area contributed by atoms with Crippen molar-refractivity contribution in [1.29, 1.82) is 0 Å². The first-order valence-electron chi connectivity index (χ1n) is 13.0. The summed E-state index contributed by atoms with van der Waals surface area (Å²) >= 11 is 0. The summed E-state index contributed by atoms with van der Waals surface area (Å²) in [5.74, 6) is 0.178. The summed E-state index contributed by atoms with van der Waals surface area (Å²) in [7, 11) is 1.41. The molecule has 3 heterocycles. The second-order valence-corrected chi connectivity index (χ2v) is 9.47. The number of nitrogens with one attached hydrogen (secondary N) is 1. The first-order valence-corrected chi connectivity index (χ1v) is 13.0. The van der Waals surface area contributed by atoms with Crippen LogP contribution < -0.4 is 15.0 Å². The number of aliphatic hydroxyl groups excluding tert-OH is 1. The first-order chi connectivity index (χ1) is 19.8. The third-order valence-corrected chi connectivity index (χ3v) is 6.67. The molecule has 2 aliphatic rings. The van der Waals surface area contributed by atoms with Gasteiger partial charge in [0, 0.05) is 12.1 Å². The highest BCUT2D eigenvalue weighted by Gasteiger charge is 2.40. The number of benzene rings is 1. The standard InChI is InChI=1S/C26H29F6N5O5/c1-4-17-11-18(22-19(6-7-20(34-22)40-3)37(17)24(39)41-5-2)33-23-35-21(13-38)42-36(23)12-14-8-15(25(27,28)29)10-16(9-14)26(30,31)32/h6-10,17-18,21,38H,4-5,11-13H2,1-3H3,(H,33,35)/t17-,18+,21?/m1/s1. The van der Waals surface area contributed by atoms with E-state index in [1.807, 2.05) is 6.92 Å². The Kier molecular flexibility index (Phi) is 9.06. The van der Waals surface area contributed by atoms with Gasteiger partial charge in [-0.05, 0) is 49.6 Å². The van der Waals surface area contributed by atoms with E-state index in [1.165, 1.54) is 12.0 Å². The number of rotatable bonds is 7. The van der Waals surface area contributed by atoms with Crippen LogP contribution in [-0.4, -0.2) is 59.8 Å².